The van der Waals surface area contributed by atoms with E-state index in [9.17, 15) is 18.0 Å². The van der Waals surface area contributed by atoms with E-state index in [-0.39, 0.29) is 23.8 Å². The molecule has 1 unspecified atom stereocenters. The Morgan fingerprint density at radius 1 is 0.838 bits per heavy atom. The standard InChI is InChI=1S/C28H32N2O6S/c1-21(31)30-37(33,34)25-17-11-10-16-24(25)29-27(32)26(36-19-23-14-8-5-9-15-23)28(2,3)20-35-18-22-12-6-4-7-13-22/h4-17,26H,18-20H2,1-3H3,(H,29,32)(H,30,31). The summed E-state index contributed by atoms with van der Waals surface area (Å²) in [6.07, 6.45) is -0.986. The van der Waals surface area contributed by atoms with Crippen LogP contribution in [0.25, 0.3) is 0 Å². The SMILES string of the molecule is CC(=O)NS(=O)(=O)c1ccccc1NC(=O)C(OCc1ccccc1)C(C)(C)COCc1ccccc1. The van der Waals surface area contributed by atoms with Crippen LogP contribution in [0.1, 0.15) is 31.9 Å². The van der Waals surface area contributed by atoms with Crippen LogP contribution in [0.15, 0.2) is 89.8 Å². The maximum absolute atomic E-state index is 13.5. The van der Waals surface area contributed by atoms with Gasteiger partial charge in [-0.05, 0) is 23.3 Å². The number of nitrogens with one attached hydrogen (secondary N) is 2. The van der Waals surface area contributed by atoms with E-state index in [1.165, 1.54) is 18.2 Å². The Balaban J connectivity index is 1.82. The third-order valence-electron chi connectivity index (χ3n) is 5.51. The third kappa shape index (κ3) is 8.24. The second kappa shape index (κ2) is 12.6. The van der Waals surface area contributed by atoms with Crippen LogP contribution in [0, 0.1) is 5.41 Å². The number of sulfonamides is 1. The summed E-state index contributed by atoms with van der Waals surface area (Å²) in [4.78, 5) is 24.7. The first-order chi connectivity index (χ1) is 17.6. The van der Waals surface area contributed by atoms with Crippen molar-refractivity contribution in [2.75, 3.05) is 11.9 Å². The molecule has 3 rings (SSSR count). The van der Waals surface area contributed by atoms with Gasteiger partial charge in [-0.3, -0.25) is 9.59 Å². The molecule has 0 radical (unpaired) electrons. The molecule has 0 saturated carbocycles. The van der Waals surface area contributed by atoms with Crippen LogP contribution < -0.4 is 10.0 Å². The van der Waals surface area contributed by atoms with Crippen molar-refractivity contribution < 1.29 is 27.5 Å². The lowest BCUT2D eigenvalue weighted by Crippen LogP contribution is -2.45. The predicted molar refractivity (Wildman–Crippen MR) is 141 cm³/mol. The Bertz CT molecular complexity index is 1290. The normalized spacial score (nSPS) is 12.5. The van der Waals surface area contributed by atoms with E-state index in [1.807, 2.05) is 79.2 Å². The van der Waals surface area contributed by atoms with Crippen molar-refractivity contribution in [3.63, 3.8) is 0 Å². The van der Waals surface area contributed by atoms with Crippen molar-refractivity contribution >= 4 is 27.5 Å². The molecule has 0 bridgehead atoms. The van der Waals surface area contributed by atoms with Crippen LogP contribution in [-0.2, 0) is 42.3 Å². The topological polar surface area (TPSA) is 111 Å². The van der Waals surface area contributed by atoms with Gasteiger partial charge in [0.1, 0.15) is 11.0 Å². The molecule has 2 N–H and O–H groups in total. The number of hydrogen-bond acceptors (Lipinski definition) is 6. The fourth-order valence-corrected chi connectivity index (χ4v) is 4.89. The van der Waals surface area contributed by atoms with Gasteiger partial charge in [-0.15, -0.1) is 0 Å². The van der Waals surface area contributed by atoms with E-state index in [4.69, 9.17) is 9.47 Å². The molecule has 1 atom stereocenters. The van der Waals surface area contributed by atoms with Gasteiger partial charge in [0.2, 0.25) is 5.91 Å². The van der Waals surface area contributed by atoms with E-state index < -0.39 is 33.4 Å². The van der Waals surface area contributed by atoms with E-state index in [2.05, 4.69) is 5.32 Å². The van der Waals surface area contributed by atoms with Gasteiger partial charge >= 0.3 is 0 Å². The summed E-state index contributed by atoms with van der Waals surface area (Å²) >= 11 is 0. The van der Waals surface area contributed by atoms with Gasteiger partial charge < -0.3 is 14.8 Å². The summed E-state index contributed by atoms with van der Waals surface area (Å²) in [7, 11) is -4.18. The highest BCUT2D eigenvalue weighted by atomic mass is 32.2. The van der Waals surface area contributed by atoms with Crippen molar-refractivity contribution in [2.45, 2.75) is 45.0 Å². The highest BCUT2D eigenvalue weighted by molar-refractivity contribution is 7.90. The van der Waals surface area contributed by atoms with Crippen LogP contribution in [0.4, 0.5) is 5.69 Å². The minimum absolute atomic E-state index is 0.0376. The van der Waals surface area contributed by atoms with Gasteiger partial charge in [0.15, 0.2) is 0 Å². The van der Waals surface area contributed by atoms with Gasteiger partial charge in [-0.2, -0.15) is 0 Å². The van der Waals surface area contributed by atoms with Crippen molar-refractivity contribution in [1.82, 2.24) is 4.72 Å². The summed E-state index contributed by atoms with van der Waals surface area (Å²) in [5, 5.41) is 2.69. The second-order valence-corrected chi connectivity index (χ2v) is 10.9. The molecule has 3 aromatic carbocycles. The summed E-state index contributed by atoms with van der Waals surface area (Å²) < 4.78 is 39.3. The first kappa shape index (κ1) is 28.0. The zero-order valence-electron chi connectivity index (χ0n) is 21.1. The summed E-state index contributed by atoms with van der Waals surface area (Å²) in [6.45, 7) is 5.56. The molecule has 0 heterocycles. The highest BCUT2D eigenvalue weighted by Crippen LogP contribution is 2.28. The van der Waals surface area contributed by atoms with E-state index in [0.29, 0.717) is 6.61 Å². The number of ether oxygens (including phenoxy) is 2. The second-order valence-electron chi connectivity index (χ2n) is 9.29. The Labute approximate surface area is 218 Å². The molecule has 0 aliphatic carbocycles. The van der Waals surface area contributed by atoms with Gasteiger partial charge in [-0.1, -0.05) is 86.6 Å². The molecule has 196 valence electrons. The first-order valence-corrected chi connectivity index (χ1v) is 13.3. The minimum atomic E-state index is -4.18. The molecular weight excluding hydrogens is 492 g/mol. The number of carbonyl (C=O) groups is 2. The average Bonchev–Trinajstić information content (AvgIpc) is 2.84. The first-order valence-electron chi connectivity index (χ1n) is 11.8. The van der Waals surface area contributed by atoms with Gasteiger partial charge in [0, 0.05) is 12.3 Å². The molecule has 0 aliphatic rings. The van der Waals surface area contributed by atoms with Gasteiger partial charge in [0.25, 0.3) is 15.9 Å². The summed E-state index contributed by atoms with van der Waals surface area (Å²) in [5.74, 6) is -1.27. The van der Waals surface area contributed by atoms with Crippen molar-refractivity contribution in [1.29, 1.82) is 0 Å². The highest BCUT2D eigenvalue weighted by Gasteiger charge is 2.37. The number of anilines is 1. The van der Waals surface area contributed by atoms with Gasteiger partial charge in [0.05, 0.1) is 25.5 Å². The molecule has 9 heteroatoms. The van der Waals surface area contributed by atoms with Crippen molar-refractivity contribution in [3.8, 4) is 0 Å². The molecule has 0 aliphatic heterocycles. The smallest absolute Gasteiger partial charge is 0.266 e. The fraction of sp³-hybridized carbons (Fsp3) is 0.286. The lowest BCUT2D eigenvalue weighted by Gasteiger charge is -2.33. The molecule has 37 heavy (non-hydrogen) atoms. The number of para-hydroxylation sites is 1. The molecule has 0 spiro atoms. The molecule has 0 aromatic heterocycles. The third-order valence-corrected chi connectivity index (χ3v) is 7.00. The monoisotopic (exact) mass is 524 g/mol. The van der Waals surface area contributed by atoms with E-state index in [0.717, 1.165) is 18.1 Å². The molecular formula is C28H32N2O6S. The molecule has 8 nitrogen and oxygen atoms in total. The summed E-state index contributed by atoms with van der Waals surface area (Å²) in [5.41, 5.74) is 1.14. The lowest BCUT2D eigenvalue weighted by atomic mass is 9.86. The molecule has 0 saturated heterocycles. The number of hydrogen-bond donors (Lipinski definition) is 2. The quantitative estimate of drug-likeness (QED) is 0.366. The van der Waals surface area contributed by atoms with Crippen molar-refractivity contribution in [2.24, 2.45) is 5.41 Å². The largest absolute Gasteiger partial charge is 0.376 e. The molecule has 3 aromatic rings. The summed E-state index contributed by atoms with van der Waals surface area (Å²) in [6, 6.07) is 25.0. The Kier molecular flexibility index (Phi) is 9.57. The maximum Gasteiger partial charge on any atom is 0.266 e. The predicted octanol–water partition coefficient (Wildman–Crippen LogP) is 4.28. The zero-order chi connectivity index (χ0) is 26.9. The Morgan fingerprint density at radius 2 is 1.38 bits per heavy atom. The van der Waals surface area contributed by atoms with Crippen LogP contribution in [0.5, 0.6) is 0 Å². The van der Waals surface area contributed by atoms with Crippen LogP contribution >= 0.6 is 0 Å². The minimum Gasteiger partial charge on any atom is -0.376 e. The Morgan fingerprint density at radius 3 is 1.97 bits per heavy atom. The number of rotatable bonds is 12. The molecule has 2 amide bonds. The fourth-order valence-electron chi connectivity index (χ4n) is 3.74. The lowest BCUT2D eigenvalue weighted by molar-refractivity contribution is -0.141. The number of amides is 2. The number of carbonyl (C=O) groups excluding carboxylic acids is 2. The van der Waals surface area contributed by atoms with Crippen LogP contribution in [-0.4, -0.2) is 32.9 Å². The van der Waals surface area contributed by atoms with E-state index >= 15 is 0 Å². The molecule has 0 fully saturated rings. The van der Waals surface area contributed by atoms with Crippen LogP contribution in [0.3, 0.4) is 0 Å². The zero-order valence-corrected chi connectivity index (χ0v) is 22.0. The van der Waals surface area contributed by atoms with Crippen LogP contribution in [0.2, 0.25) is 0 Å². The van der Waals surface area contributed by atoms with Gasteiger partial charge in [-0.25, -0.2) is 13.1 Å². The van der Waals surface area contributed by atoms with Crippen molar-refractivity contribution in [3.05, 3.63) is 96.1 Å². The average molecular weight is 525 g/mol. The maximum atomic E-state index is 13.5. The van der Waals surface area contributed by atoms with E-state index in [1.54, 1.807) is 6.07 Å². The number of benzene rings is 3. The Hall–Kier alpha value is -3.53.